The Hall–Kier alpha value is 0.0674. The monoisotopic (exact) mass is 67.1 g/mol. The van der Waals surface area contributed by atoms with Crippen molar-refractivity contribution in [2.45, 2.75) is 0 Å². The van der Waals surface area contributed by atoms with Crippen LogP contribution in [0.3, 0.4) is 0 Å². The Bertz CT molecular complexity index is 27.5. The second-order valence-corrected chi connectivity index (χ2v) is 0.407. The van der Waals surface area contributed by atoms with Crippen LogP contribution in [-0.4, -0.2) is 13.5 Å². The Labute approximate surface area is 44.6 Å². The fourth-order valence-electron chi connectivity index (χ4n) is 0. The molecule has 1 N–H and O–H groups in total. The molecule has 0 fully saturated rings. The average molecular weight is 67.0 g/mol. The van der Waals surface area contributed by atoms with Gasteiger partial charge >= 0.3 is 18.9 Å². The summed E-state index contributed by atoms with van der Waals surface area (Å²) in [6.07, 6.45) is 0.625. The van der Waals surface area contributed by atoms with Crippen LogP contribution in [0, 0.1) is 0 Å². The molecular weight excluding hydrogens is 61.0 g/mol. The van der Waals surface area contributed by atoms with Gasteiger partial charge in [-0.2, -0.15) is 0 Å². The molecule has 0 aliphatic carbocycles. The molecule has 0 rings (SSSR count). The van der Waals surface area contributed by atoms with Crippen molar-refractivity contribution in [2.24, 2.45) is 0 Å². The minimum absolute atomic E-state index is 0. The first-order valence-corrected chi connectivity index (χ1v) is 1.02. The zero-order chi connectivity index (χ0) is 3.41. The molecule has 0 bridgehead atoms. The van der Waals surface area contributed by atoms with Gasteiger partial charge in [0.1, 0.15) is 0 Å². The van der Waals surface area contributed by atoms with Crippen LogP contribution in [-0.2, 0) is 4.79 Å². The van der Waals surface area contributed by atoms with Gasteiger partial charge in [0, 0.05) is 7.05 Å². The van der Waals surface area contributed by atoms with Gasteiger partial charge in [-0.25, -0.2) is 0 Å². The van der Waals surface area contributed by atoms with Crippen molar-refractivity contribution >= 4 is 6.41 Å². The van der Waals surface area contributed by atoms with Crippen LogP contribution < -0.4 is 24.2 Å². The smallest absolute Gasteiger partial charge is 1.00 e. The largest absolute Gasteiger partial charge is 1.00 e. The number of carbonyl (C=O) groups is 1. The topological polar surface area (TPSA) is 29.1 Å². The van der Waals surface area contributed by atoms with Gasteiger partial charge in [-0.05, 0) is 0 Å². The van der Waals surface area contributed by atoms with Gasteiger partial charge in [0.25, 0.3) is 0 Å². The zero-order valence-electron chi connectivity index (χ0n) is 4.49. The molecule has 1 amide bonds. The molecular formula is C2H6LiNO. The summed E-state index contributed by atoms with van der Waals surface area (Å²) in [5.41, 5.74) is 0. The van der Waals surface area contributed by atoms with Gasteiger partial charge in [0.05, 0.1) is 0 Å². The van der Waals surface area contributed by atoms with Crippen LogP contribution in [0.15, 0.2) is 0 Å². The van der Waals surface area contributed by atoms with Crippen LogP contribution in [0.1, 0.15) is 1.43 Å². The Balaban J connectivity index is -0.0000000450. The Kier molecular flexibility index (Phi) is 16.0. The molecule has 0 unspecified atom stereocenters. The molecule has 5 heavy (non-hydrogen) atoms. The summed E-state index contributed by atoms with van der Waals surface area (Å²) in [6.45, 7) is 0. The summed E-state index contributed by atoms with van der Waals surface area (Å²) in [6, 6.07) is 0. The van der Waals surface area contributed by atoms with Crippen molar-refractivity contribution in [3.8, 4) is 0 Å². The summed E-state index contributed by atoms with van der Waals surface area (Å²) in [5, 5.41) is 2.25. The SMILES string of the molecule is CNC=O.[H-].[Li+]. The van der Waals surface area contributed by atoms with Crippen LogP contribution in [0.2, 0.25) is 0 Å². The number of nitrogens with one attached hydrogen (secondary N) is 1. The van der Waals surface area contributed by atoms with Crippen LogP contribution in [0.4, 0.5) is 0 Å². The van der Waals surface area contributed by atoms with E-state index < -0.39 is 0 Å². The maximum atomic E-state index is 9.06. The Morgan fingerprint density at radius 2 is 2.20 bits per heavy atom. The van der Waals surface area contributed by atoms with E-state index in [-0.39, 0.29) is 20.3 Å². The van der Waals surface area contributed by atoms with E-state index in [2.05, 4.69) is 5.32 Å². The third-order valence-electron chi connectivity index (χ3n) is 0.118. The van der Waals surface area contributed by atoms with Gasteiger partial charge in [-0.3, -0.25) is 4.79 Å². The van der Waals surface area contributed by atoms with E-state index in [0.717, 1.165) is 0 Å². The van der Waals surface area contributed by atoms with E-state index in [1.807, 2.05) is 0 Å². The number of rotatable bonds is 1. The molecule has 0 aromatic carbocycles. The van der Waals surface area contributed by atoms with Gasteiger partial charge in [-0.1, -0.05) is 0 Å². The van der Waals surface area contributed by atoms with Crippen molar-refractivity contribution in [3.63, 3.8) is 0 Å². The Morgan fingerprint density at radius 3 is 2.20 bits per heavy atom. The first-order chi connectivity index (χ1) is 1.91. The van der Waals surface area contributed by atoms with Gasteiger partial charge in [0.2, 0.25) is 6.41 Å². The molecule has 0 aromatic rings. The van der Waals surface area contributed by atoms with Crippen LogP contribution in [0.25, 0.3) is 0 Å². The number of hydrogen-bond donors (Lipinski definition) is 1. The number of carbonyl (C=O) groups excluding carboxylic acids is 1. The molecule has 0 aliphatic heterocycles. The van der Waals surface area contributed by atoms with Crippen molar-refractivity contribution < 1.29 is 25.1 Å². The predicted molar refractivity (Wildman–Crippen MR) is 16.2 cm³/mol. The molecule has 0 heterocycles. The molecule has 0 spiro atoms. The summed E-state index contributed by atoms with van der Waals surface area (Å²) >= 11 is 0. The molecule has 0 saturated carbocycles. The van der Waals surface area contributed by atoms with Crippen molar-refractivity contribution in [3.05, 3.63) is 0 Å². The van der Waals surface area contributed by atoms with E-state index in [1.165, 1.54) is 0 Å². The van der Waals surface area contributed by atoms with E-state index >= 15 is 0 Å². The van der Waals surface area contributed by atoms with E-state index in [9.17, 15) is 0 Å². The summed E-state index contributed by atoms with van der Waals surface area (Å²) < 4.78 is 0. The minimum Gasteiger partial charge on any atom is -1.00 e. The number of hydrogen-bond acceptors (Lipinski definition) is 1. The van der Waals surface area contributed by atoms with E-state index in [1.54, 1.807) is 7.05 Å². The van der Waals surface area contributed by atoms with E-state index in [0.29, 0.717) is 6.41 Å². The summed E-state index contributed by atoms with van der Waals surface area (Å²) in [5.74, 6) is 0. The molecule has 0 radical (unpaired) electrons. The van der Waals surface area contributed by atoms with Crippen molar-refractivity contribution in [1.29, 1.82) is 0 Å². The zero-order valence-corrected chi connectivity index (χ0v) is 3.49. The maximum absolute atomic E-state index is 9.06. The van der Waals surface area contributed by atoms with Crippen molar-refractivity contribution in [1.82, 2.24) is 5.32 Å². The molecule has 0 aliphatic rings. The molecule has 3 heteroatoms. The second-order valence-electron chi connectivity index (χ2n) is 0.407. The maximum Gasteiger partial charge on any atom is 1.00 e. The third-order valence-corrected chi connectivity index (χ3v) is 0.118. The quantitative estimate of drug-likeness (QED) is 0.250. The molecule has 0 atom stereocenters. The minimum atomic E-state index is 0. The molecule has 0 saturated heterocycles. The van der Waals surface area contributed by atoms with Crippen LogP contribution >= 0.6 is 0 Å². The van der Waals surface area contributed by atoms with Crippen LogP contribution in [0.5, 0.6) is 0 Å². The normalized spacial score (nSPS) is 4.20. The standard InChI is InChI=1S/C2H5NO.Li.H/c1-3-2-4;;/h2H,1H3,(H,3,4);;/q;+1;-1. The van der Waals surface area contributed by atoms with Gasteiger partial charge < -0.3 is 6.74 Å². The fraction of sp³-hybridized carbons (Fsp3) is 0.500. The Morgan fingerprint density at radius 1 is 2.00 bits per heavy atom. The summed E-state index contributed by atoms with van der Waals surface area (Å²) in [4.78, 5) is 9.06. The van der Waals surface area contributed by atoms with Gasteiger partial charge in [0.15, 0.2) is 0 Å². The third kappa shape index (κ3) is 15.3. The first-order valence-electron chi connectivity index (χ1n) is 1.02. The average Bonchev–Trinajstić information content (AvgIpc) is 1.37. The fourth-order valence-corrected chi connectivity index (χ4v) is 0. The summed E-state index contributed by atoms with van der Waals surface area (Å²) in [7, 11) is 1.56. The number of amides is 1. The second kappa shape index (κ2) is 8.95. The molecule has 0 aromatic heterocycles. The predicted octanol–water partition coefficient (Wildman–Crippen LogP) is -3.52. The van der Waals surface area contributed by atoms with Crippen molar-refractivity contribution in [2.75, 3.05) is 7.05 Å². The molecule has 2 nitrogen and oxygen atoms in total. The molecule has 26 valence electrons. The van der Waals surface area contributed by atoms with Gasteiger partial charge in [-0.15, -0.1) is 0 Å². The first kappa shape index (κ1) is 8.91. The van der Waals surface area contributed by atoms with E-state index in [4.69, 9.17) is 4.79 Å².